The van der Waals surface area contributed by atoms with Crippen molar-refractivity contribution >= 4 is 59.4 Å². The summed E-state index contributed by atoms with van der Waals surface area (Å²) in [5.74, 6) is 0. The number of nitro benzene ring substituents is 1. The monoisotopic (exact) mass is 511 g/mol. The van der Waals surface area contributed by atoms with E-state index in [1.807, 2.05) is 37.2 Å². The molecule has 0 amide bonds. The van der Waals surface area contributed by atoms with E-state index in [4.69, 9.17) is 0 Å². The first-order chi connectivity index (χ1) is 16.3. The second-order valence-corrected chi connectivity index (χ2v) is 11.4. The maximum atomic E-state index is 13.2. The van der Waals surface area contributed by atoms with Crippen LogP contribution in [0.5, 0.6) is 0 Å². The smallest absolute Gasteiger partial charge is 0.283 e. The highest BCUT2D eigenvalue weighted by Crippen LogP contribution is 2.41. The Morgan fingerprint density at radius 2 is 1.50 bits per heavy atom. The molecule has 4 aromatic carbocycles. The molecular formula is C24H21N3O4S3. The summed E-state index contributed by atoms with van der Waals surface area (Å²) in [6.45, 7) is 0. The number of nitrogens with one attached hydrogen (secondary N) is 1. The van der Waals surface area contributed by atoms with Gasteiger partial charge in [-0.15, -0.1) is 0 Å². The molecule has 0 unspecified atom stereocenters. The summed E-state index contributed by atoms with van der Waals surface area (Å²) < 4.78 is 29.0. The van der Waals surface area contributed by atoms with E-state index in [0.29, 0.717) is 16.0 Å². The Bertz CT molecular complexity index is 1460. The summed E-state index contributed by atoms with van der Waals surface area (Å²) in [7, 11) is 2.66. The molecule has 0 fully saturated rings. The molecule has 1 N–H and O–H groups in total. The SMILES string of the molecule is CN(C)c1cccc2c(S(=O)(=O)Nc3ccc(SSc4ccccc4[N+](=O)[O-])cc3)cccc12. The summed E-state index contributed by atoms with van der Waals surface area (Å²) >= 11 is 0. The first kappa shape index (κ1) is 23.9. The van der Waals surface area contributed by atoms with Crippen LogP contribution in [0.1, 0.15) is 0 Å². The van der Waals surface area contributed by atoms with E-state index in [2.05, 4.69) is 4.72 Å². The highest BCUT2D eigenvalue weighted by molar-refractivity contribution is 8.76. The second kappa shape index (κ2) is 9.96. The average Bonchev–Trinajstić information content (AvgIpc) is 2.82. The third-order valence-corrected chi connectivity index (χ3v) is 8.90. The number of sulfonamides is 1. The van der Waals surface area contributed by atoms with Crippen LogP contribution in [0.3, 0.4) is 0 Å². The van der Waals surface area contributed by atoms with Crippen LogP contribution in [-0.2, 0) is 10.0 Å². The fourth-order valence-electron chi connectivity index (χ4n) is 3.45. The third kappa shape index (κ3) is 5.14. The minimum atomic E-state index is -3.82. The van der Waals surface area contributed by atoms with E-state index in [9.17, 15) is 18.5 Å². The molecule has 4 rings (SSSR count). The maximum Gasteiger partial charge on any atom is 0.283 e. The molecule has 174 valence electrons. The van der Waals surface area contributed by atoms with Gasteiger partial charge < -0.3 is 4.90 Å². The van der Waals surface area contributed by atoms with Crippen molar-refractivity contribution in [2.45, 2.75) is 14.7 Å². The van der Waals surface area contributed by atoms with Crippen molar-refractivity contribution < 1.29 is 13.3 Å². The Hall–Kier alpha value is -3.21. The van der Waals surface area contributed by atoms with E-state index in [1.165, 1.54) is 27.7 Å². The normalized spacial score (nSPS) is 11.4. The predicted molar refractivity (Wildman–Crippen MR) is 140 cm³/mol. The number of nitrogens with zero attached hydrogens (tertiary/aromatic N) is 2. The van der Waals surface area contributed by atoms with Gasteiger partial charge >= 0.3 is 0 Å². The van der Waals surface area contributed by atoms with E-state index in [1.54, 1.807) is 60.7 Å². The molecule has 4 aromatic rings. The molecule has 10 heteroatoms. The minimum absolute atomic E-state index is 0.0527. The Balaban J connectivity index is 1.53. The topological polar surface area (TPSA) is 92.6 Å². The number of rotatable bonds is 8. The van der Waals surface area contributed by atoms with Gasteiger partial charge in [-0.2, -0.15) is 0 Å². The molecular weight excluding hydrogens is 490 g/mol. The van der Waals surface area contributed by atoms with Gasteiger partial charge in [0.25, 0.3) is 15.7 Å². The average molecular weight is 512 g/mol. The van der Waals surface area contributed by atoms with Crippen molar-refractivity contribution in [3.63, 3.8) is 0 Å². The standard InChI is InChI=1S/C24H21N3O4S3/c1-26(2)21-10-5-8-20-19(21)7-6-12-24(20)34(30,31)25-17-13-15-18(16-14-17)32-33-23-11-4-3-9-22(23)27(28)29/h3-16,25H,1-2H3. The molecule has 0 bridgehead atoms. The molecule has 7 nitrogen and oxygen atoms in total. The van der Waals surface area contributed by atoms with Crippen molar-refractivity contribution in [1.29, 1.82) is 0 Å². The zero-order chi connectivity index (χ0) is 24.3. The van der Waals surface area contributed by atoms with Crippen molar-refractivity contribution in [3.05, 3.63) is 95.0 Å². The molecule has 0 aliphatic rings. The Morgan fingerprint density at radius 3 is 2.21 bits per heavy atom. The molecule has 0 saturated heterocycles. The fourth-order valence-corrected chi connectivity index (χ4v) is 6.84. The van der Waals surface area contributed by atoms with Crippen molar-refractivity contribution in [3.8, 4) is 0 Å². The lowest BCUT2D eigenvalue weighted by Crippen LogP contribution is -2.14. The molecule has 0 atom stereocenters. The molecule has 0 aromatic heterocycles. The number of fused-ring (bicyclic) bond motifs is 1. The Kier molecular flexibility index (Phi) is 7.01. The van der Waals surface area contributed by atoms with Crippen LogP contribution < -0.4 is 9.62 Å². The van der Waals surface area contributed by atoms with Gasteiger partial charge in [0.2, 0.25) is 0 Å². The Labute approximate surface area is 205 Å². The van der Waals surface area contributed by atoms with Crippen molar-refractivity contribution in [2.75, 3.05) is 23.7 Å². The van der Waals surface area contributed by atoms with Crippen LogP contribution in [0.25, 0.3) is 10.8 Å². The largest absolute Gasteiger partial charge is 0.377 e. The van der Waals surface area contributed by atoms with Gasteiger partial charge in [0.15, 0.2) is 0 Å². The van der Waals surface area contributed by atoms with Gasteiger partial charge in [-0.05, 0) is 53.3 Å². The summed E-state index contributed by atoms with van der Waals surface area (Å²) in [6, 6.07) is 24.3. The van der Waals surface area contributed by atoms with Gasteiger partial charge in [0.1, 0.15) is 0 Å². The van der Waals surface area contributed by atoms with Crippen LogP contribution in [0.2, 0.25) is 0 Å². The highest BCUT2D eigenvalue weighted by Gasteiger charge is 2.19. The van der Waals surface area contributed by atoms with Gasteiger partial charge in [-0.25, -0.2) is 8.42 Å². The molecule has 0 heterocycles. The molecule has 0 aliphatic heterocycles. The lowest BCUT2D eigenvalue weighted by Gasteiger charge is -2.17. The summed E-state index contributed by atoms with van der Waals surface area (Å²) in [6.07, 6.45) is 0. The van der Waals surface area contributed by atoms with Crippen LogP contribution in [0.15, 0.2) is 99.6 Å². The first-order valence-corrected chi connectivity index (χ1v) is 13.8. The predicted octanol–water partition coefficient (Wildman–Crippen LogP) is 6.41. The lowest BCUT2D eigenvalue weighted by atomic mass is 10.1. The Morgan fingerprint density at radius 1 is 0.824 bits per heavy atom. The number of anilines is 2. The highest BCUT2D eigenvalue weighted by atomic mass is 33.1. The zero-order valence-electron chi connectivity index (χ0n) is 18.3. The number of nitro groups is 1. The summed E-state index contributed by atoms with van der Waals surface area (Å²) in [5, 5.41) is 12.7. The molecule has 0 radical (unpaired) electrons. The summed E-state index contributed by atoms with van der Waals surface area (Å²) in [5.41, 5.74) is 1.42. The van der Waals surface area contributed by atoms with Gasteiger partial charge in [0.05, 0.1) is 14.7 Å². The van der Waals surface area contributed by atoms with Crippen LogP contribution in [0, 0.1) is 10.1 Å². The summed E-state index contributed by atoms with van der Waals surface area (Å²) in [4.78, 5) is 14.3. The van der Waals surface area contributed by atoms with E-state index in [0.717, 1.165) is 16.0 Å². The van der Waals surface area contributed by atoms with Crippen LogP contribution >= 0.6 is 21.6 Å². The second-order valence-electron chi connectivity index (χ2n) is 7.54. The maximum absolute atomic E-state index is 13.2. The van der Waals surface area contributed by atoms with Crippen LogP contribution in [-0.4, -0.2) is 27.4 Å². The number of benzene rings is 4. The van der Waals surface area contributed by atoms with E-state index >= 15 is 0 Å². The number of hydrogen-bond donors (Lipinski definition) is 1. The first-order valence-electron chi connectivity index (χ1n) is 10.2. The molecule has 0 spiro atoms. The lowest BCUT2D eigenvalue weighted by molar-refractivity contribution is -0.387. The molecule has 0 saturated carbocycles. The van der Waals surface area contributed by atoms with E-state index in [-0.39, 0.29) is 10.6 Å². The van der Waals surface area contributed by atoms with Crippen molar-refractivity contribution in [2.24, 2.45) is 0 Å². The van der Waals surface area contributed by atoms with Gasteiger partial charge in [0, 0.05) is 47.2 Å². The van der Waals surface area contributed by atoms with E-state index < -0.39 is 14.9 Å². The number of hydrogen-bond acceptors (Lipinski definition) is 7. The van der Waals surface area contributed by atoms with Gasteiger partial charge in [-0.3, -0.25) is 14.8 Å². The molecule has 34 heavy (non-hydrogen) atoms. The van der Waals surface area contributed by atoms with Gasteiger partial charge in [-0.1, -0.05) is 47.2 Å². The van der Waals surface area contributed by atoms with Crippen LogP contribution in [0.4, 0.5) is 17.1 Å². The quantitative estimate of drug-likeness (QED) is 0.166. The fraction of sp³-hybridized carbons (Fsp3) is 0.0833. The third-order valence-electron chi connectivity index (χ3n) is 5.03. The van der Waals surface area contributed by atoms with Crippen molar-refractivity contribution in [1.82, 2.24) is 0 Å². The zero-order valence-corrected chi connectivity index (χ0v) is 20.8. The molecule has 0 aliphatic carbocycles. The minimum Gasteiger partial charge on any atom is -0.377 e. The number of para-hydroxylation sites is 1.